The van der Waals surface area contributed by atoms with Gasteiger partial charge in [0.15, 0.2) is 6.29 Å². The van der Waals surface area contributed by atoms with Crippen LogP contribution in [0.1, 0.15) is 49.7 Å². The van der Waals surface area contributed by atoms with Gasteiger partial charge in [-0.25, -0.2) is 0 Å². The summed E-state index contributed by atoms with van der Waals surface area (Å²) in [5.74, 6) is 1.83. The predicted molar refractivity (Wildman–Crippen MR) is 83.1 cm³/mol. The molecule has 1 aliphatic heterocycles. The van der Waals surface area contributed by atoms with Crippen LogP contribution in [0.4, 0.5) is 0 Å². The summed E-state index contributed by atoms with van der Waals surface area (Å²) in [6.45, 7) is 3.87. The summed E-state index contributed by atoms with van der Waals surface area (Å²) in [6.07, 6.45) is 5.16. The smallest absolute Gasteiger partial charge is 0.160 e. The van der Waals surface area contributed by atoms with Crippen LogP contribution in [0.25, 0.3) is 0 Å². The fraction of sp³-hybridized carbons (Fsp3) is 0.632. The minimum absolute atomic E-state index is 0.0517. The number of nitriles is 1. The Morgan fingerprint density at radius 3 is 2.27 bits per heavy atom. The highest BCUT2D eigenvalue weighted by atomic mass is 16.7. The van der Waals surface area contributed by atoms with Gasteiger partial charge in [0.05, 0.1) is 24.8 Å². The Bertz CT molecular complexity index is 566. The average Bonchev–Trinajstić information content (AvgIpc) is 2.47. The van der Waals surface area contributed by atoms with Crippen LogP contribution in [-0.4, -0.2) is 19.5 Å². The van der Waals surface area contributed by atoms with Crippen molar-refractivity contribution in [3.8, 4) is 6.07 Å². The molecule has 0 atom stereocenters. The summed E-state index contributed by atoms with van der Waals surface area (Å²) in [5.41, 5.74) is 2.70. The minimum atomic E-state index is 0.0517. The van der Waals surface area contributed by atoms with Crippen molar-refractivity contribution in [1.29, 1.82) is 5.26 Å². The normalized spacial score (nSPS) is 40.5. The summed E-state index contributed by atoms with van der Waals surface area (Å²) in [5, 5.41) is 8.86. The molecule has 0 amide bonds. The number of rotatable bonds is 2. The summed E-state index contributed by atoms with van der Waals surface area (Å²) in [6, 6.07) is 10.3. The molecule has 3 nitrogen and oxygen atoms in total. The molecular formula is C19H23NO2. The lowest BCUT2D eigenvalue weighted by atomic mass is 9.47. The maximum Gasteiger partial charge on any atom is 0.160 e. The SMILES string of the molecule is CC1COC(C2CC3(CC(c4ccc(C#N)cc4)C3)C2)OC1. The molecular weight excluding hydrogens is 274 g/mol. The molecule has 1 spiro atoms. The largest absolute Gasteiger partial charge is 0.352 e. The minimum Gasteiger partial charge on any atom is -0.352 e. The molecule has 0 unspecified atom stereocenters. The first kappa shape index (κ1) is 14.2. The highest BCUT2D eigenvalue weighted by Gasteiger charge is 2.55. The van der Waals surface area contributed by atoms with Gasteiger partial charge >= 0.3 is 0 Å². The molecule has 1 heterocycles. The topological polar surface area (TPSA) is 42.2 Å². The van der Waals surface area contributed by atoms with Crippen LogP contribution in [-0.2, 0) is 9.47 Å². The van der Waals surface area contributed by atoms with Gasteiger partial charge in [0.2, 0.25) is 0 Å². The van der Waals surface area contributed by atoms with Gasteiger partial charge in [-0.05, 0) is 54.7 Å². The van der Waals surface area contributed by atoms with E-state index < -0.39 is 0 Å². The van der Waals surface area contributed by atoms with Crippen LogP contribution in [0.2, 0.25) is 0 Å². The third-order valence-corrected chi connectivity index (χ3v) is 5.74. The molecule has 0 radical (unpaired) electrons. The number of nitrogens with zero attached hydrogens (tertiary/aromatic N) is 1. The molecule has 2 aliphatic carbocycles. The lowest BCUT2D eigenvalue weighted by molar-refractivity contribution is -0.256. The van der Waals surface area contributed by atoms with Crippen LogP contribution in [0.3, 0.4) is 0 Å². The van der Waals surface area contributed by atoms with Crippen molar-refractivity contribution >= 4 is 0 Å². The molecule has 4 rings (SSSR count). The highest BCUT2D eigenvalue weighted by Crippen LogP contribution is 2.65. The lowest BCUT2D eigenvalue weighted by Gasteiger charge is -2.59. The zero-order chi connectivity index (χ0) is 15.2. The van der Waals surface area contributed by atoms with Crippen molar-refractivity contribution in [3.63, 3.8) is 0 Å². The highest BCUT2D eigenvalue weighted by molar-refractivity contribution is 5.34. The zero-order valence-corrected chi connectivity index (χ0v) is 13.1. The van der Waals surface area contributed by atoms with E-state index in [0.29, 0.717) is 23.2 Å². The summed E-state index contributed by atoms with van der Waals surface area (Å²) in [7, 11) is 0. The lowest BCUT2D eigenvalue weighted by Crippen LogP contribution is -2.52. The second-order valence-corrected chi connectivity index (χ2v) is 7.65. The third kappa shape index (κ3) is 2.45. The van der Waals surface area contributed by atoms with Gasteiger partial charge < -0.3 is 9.47 Å². The average molecular weight is 297 g/mol. The fourth-order valence-electron chi connectivity index (χ4n) is 4.52. The second kappa shape index (κ2) is 5.37. The van der Waals surface area contributed by atoms with Gasteiger partial charge in [-0.3, -0.25) is 0 Å². The monoisotopic (exact) mass is 297 g/mol. The Kier molecular flexibility index (Phi) is 3.47. The van der Waals surface area contributed by atoms with Crippen LogP contribution in [0.15, 0.2) is 24.3 Å². The Labute approximate surface area is 132 Å². The first-order chi connectivity index (χ1) is 10.7. The van der Waals surface area contributed by atoms with Crippen molar-refractivity contribution in [1.82, 2.24) is 0 Å². The van der Waals surface area contributed by atoms with Gasteiger partial charge in [0.1, 0.15) is 0 Å². The Balaban J connectivity index is 1.28. The third-order valence-electron chi connectivity index (χ3n) is 5.74. The zero-order valence-electron chi connectivity index (χ0n) is 13.1. The fourth-order valence-corrected chi connectivity index (χ4v) is 4.52. The van der Waals surface area contributed by atoms with Crippen LogP contribution < -0.4 is 0 Å². The molecule has 3 aliphatic rings. The van der Waals surface area contributed by atoms with E-state index >= 15 is 0 Å². The van der Waals surface area contributed by atoms with E-state index in [1.807, 2.05) is 12.1 Å². The molecule has 0 bridgehead atoms. The van der Waals surface area contributed by atoms with E-state index in [0.717, 1.165) is 18.8 Å². The maximum absolute atomic E-state index is 8.86. The van der Waals surface area contributed by atoms with Crippen molar-refractivity contribution < 1.29 is 9.47 Å². The van der Waals surface area contributed by atoms with E-state index in [1.165, 1.54) is 31.2 Å². The maximum atomic E-state index is 8.86. The summed E-state index contributed by atoms with van der Waals surface area (Å²) < 4.78 is 11.7. The molecule has 3 heteroatoms. The number of benzene rings is 1. The van der Waals surface area contributed by atoms with Crippen LogP contribution >= 0.6 is 0 Å². The quantitative estimate of drug-likeness (QED) is 0.833. The van der Waals surface area contributed by atoms with Gasteiger partial charge in [-0.15, -0.1) is 0 Å². The predicted octanol–water partition coefficient (Wildman–Crippen LogP) is 3.84. The Hall–Kier alpha value is -1.37. The van der Waals surface area contributed by atoms with Crippen LogP contribution in [0.5, 0.6) is 0 Å². The van der Waals surface area contributed by atoms with Crippen molar-refractivity contribution in [2.75, 3.05) is 13.2 Å². The summed E-state index contributed by atoms with van der Waals surface area (Å²) >= 11 is 0. The van der Waals surface area contributed by atoms with Gasteiger partial charge in [-0.1, -0.05) is 19.1 Å². The van der Waals surface area contributed by atoms with E-state index in [9.17, 15) is 0 Å². The molecule has 2 saturated carbocycles. The van der Waals surface area contributed by atoms with Crippen molar-refractivity contribution in [2.24, 2.45) is 17.3 Å². The first-order valence-corrected chi connectivity index (χ1v) is 8.41. The van der Waals surface area contributed by atoms with Crippen molar-refractivity contribution in [3.05, 3.63) is 35.4 Å². The van der Waals surface area contributed by atoms with Crippen LogP contribution in [0, 0.1) is 28.6 Å². The standard InChI is InChI=1S/C19H23NO2/c1-13-11-21-18(22-12-13)17-8-19(9-17)6-16(7-19)15-4-2-14(10-20)3-5-15/h2-5,13,16-18H,6-9,11-12H2,1H3. The number of hydrogen-bond acceptors (Lipinski definition) is 3. The van der Waals surface area contributed by atoms with E-state index in [1.54, 1.807) is 0 Å². The van der Waals surface area contributed by atoms with Gasteiger partial charge in [-0.2, -0.15) is 5.26 Å². The molecule has 1 saturated heterocycles. The molecule has 116 valence electrons. The molecule has 1 aromatic carbocycles. The Morgan fingerprint density at radius 2 is 1.68 bits per heavy atom. The van der Waals surface area contributed by atoms with Gasteiger partial charge in [0.25, 0.3) is 0 Å². The van der Waals surface area contributed by atoms with E-state index in [2.05, 4.69) is 25.1 Å². The molecule has 0 aromatic heterocycles. The number of hydrogen-bond donors (Lipinski definition) is 0. The Morgan fingerprint density at radius 1 is 1.05 bits per heavy atom. The van der Waals surface area contributed by atoms with E-state index in [-0.39, 0.29) is 6.29 Å². The van der Waals surface area contributed by atoms with Gasteiger partial charge in [0, 0.05) is 11.8 Å². The summed E-state index contributed by atoms with van der Waals surface area (Å²) in [4.78, 5) is 0. The molecule has 22 heavy (non-hydrogen) atoms. The molecule has 1 aromatic rings. The first-order valence-electron chi connectivity index (χ1n) is 8.41. The van der Waals surface area contributed by atoms with Crippen molar-refractivity contribution in [2.45, 2.75) is 44.8 Å². The molecule has 0 N–H and O–H groups in total. The second-order valence-electron chi connectivity index (χ2n) is 7.65. The molecule has 3 fully saturated rings. The number of ether oxygens (including phenoxy) is 2. The van der Waals surface area contributed by atoms with E-state index in [4.69, 9.17) is 14.7 Å².